The smallest absolute Gasteiger partial charge is 0.204 e. The molecular weight excluding hydrogens is 226 g/mol. The summed E-state index contributed by atoms with van der Waals surface area (Å²) in [5, 5.41) is 0. The first-order valence-electron chi connectivity index (χ1n) is 5.00. The van der Waals surface area contributed by atoms with Gasteiger partial charge in [0.05, 0.1) is 10.1 Å². The van der Waals surface area contributed by atoms with Crippen LogP contribution in [0.15, 0.2) is 31.0 Å². The quantitative estimate of drug-likeness (QED) is 0.573. The van der Waals surface area contributed by atoms with E-state index in [0.29, 0.717) is 6.42 Å². The zero-order valence-corrected chi connectivity index (χ0v) is 9.98. The molecule has 0 radical (unpaired) electrons. The number of hydrogen-bond acceptors (Lipinski definition) is 3. The van der Waals surface area contributed by atoms with Gasteiger partial charge in [0.2, 0.25) is 5.69 Å². The lowest BCUT2D eigenvalue weighted by atomic mass is 10.2. The van der Waals surface area contributed by atoms with Crippen molar-refractivity contribution < 1.29 is 17.5 Å². The Bertz CT molecular complexity index is 468. The SMILES string of the molecule is C=Cc1cccc[n+]1C(C)CCS(=O)(=O)[O-]. The molecule has 5 heteroatoms. The number of rotatable bonds is 5. The molecule has 0 aromatic carbocycles. The summed E-state index contributed by atoms with van der Waals surface area (Å²) in [5.74, 6) is -0.341. The fourth-order valence-electron chi connectivity index (χ4n) is 1.50. The molecule has 0 amide bonds. The maximum Gasteiger partial charge on any atom is 0.204 e. The van der Waals surface area contributed by atoms with Crippen LogP contribution in [0, 0.1) is 0 Å². The van der Waals surface area contributed by atoms with Gasteiger partial charge in [-0.1, -0.05) is 6.58 Å². The summed E-state index contributed by atoms with van der Waals surface area (Å²) in [4.78, 5) is 0. The van der Waals surface area contributed by atoms with E-state index in [1.165, 1.54) is 0 Å². The molecule has 0 aliphatic rings. The summed E-state index contributed by atoms with van der Waals surface area (Å²) in [6, 6.07) is 5.58. The largest absolute Gasteiger partial charge is 0.748 e. The van der Waals surface area contributed by atoms with Crippen LogP contribution in [0.4, 0.5) is 0 Å². The minimum absolute atomic E-state index is 0.0436. The Morgan fingerprint density at radius 2 is 2.25 bits per heavy atom. The van der Waals surface area contributed by atoms with Crippen LogP contribution >= 0.6 is 0 Å². The lowest BCUT2D eigenvalue weighted by molar-refractivity contribution is -0.721. The maximum atomic E-state index is 10.5. The van der Waals surface area contributed by atoms with Crippen molar-refractivity contribution >= 4 is 16.2 Å². The number of nitrogens with zero attached hydrogens (tertiary/aromatic N) is 1. The second-order valence-corrected chi connectivity index (χ2v) is 5.16. The van der Waals surface area contributed by atoms with Gasteiger partial charge >= 0.3 is 0 Å². The molecule has 1 aromatic rings. The summed E-state index contributed by atoms with van der Waals surface area (Å²) >= 11 is 0. The van der Waals surface area contributed by atoms with Gasteiger partial charge in [0.15, 0.2) is 12.2 Å². The van der Waals surface area contributed by atoms with Crippen molar-refractivity contribution in [2.24, 2.45) is 0 Å². The highest BCUT2D eigenvalue weighted by Crippen LogP contribution is 2.06. The Labute approximate surface area is 96.0 Å². The minimum Gasteiger partial charge on any atom is -0.748 e. The highest BCUT2D eigenvalue weighted by molar-refractivity contribution is 7.85. The van der Waals surface area contributed by atoms with E-state index in [9.17, 15) is 13.0 Å². The van der Waals surface area contributed by atoms with Crippen LogP contribution in [-0.2, 0) is 10.1 Å². The Balaban J connectivity index is 2.80. The van der Waals surface area contributed by atoms with Crippen LogP contribution in [0.2, 0.25) is 0 Å². The molecular formula is C11H15NO3S. The predicted molar refractivity (Wildman–Crippen MR) is 60.6 cm³/mol. The zero-order chi connectivity index (χ0) is 12.2. The second-order valence-electron chi connectivity index (χ2n) is 3.64. The molecule has 0 saturated heterocycles. The third-order valence-corrected chi connectivity index (χ3v) is 3.13. The monoisotopic (exact) mass is 241 g/mol. The standard InChI is InChI=1S/C11H15NO3S/c1-3-11-6-4-5-8-12(11)10(2)7-9-16(13,14)15/h3-6,8,10H,1,7,9H2,2H3. The van der Waals surface area contributed by atoms with Crippen LogP contribution in [-0.4, -0.2) is 18.7 Å². The topological polar surface area (TPSA) is 61.1 Å². The van der Waals surface area contributed by atoms with Crippen molar-refractivity contribution in [1.82, 2.24) is 0 Å². The van der Waals surface area contributed by atoms with Crippen molar-refractivity contribution in [3.05, 3.63) is 36.7 Å². The summed E-state index contributed by atoms with van der Waals surface area (Å²) in [6.45, 7) is 5.56. The van der Waals surface area contributed by atoms with Gasteiger partial charge in [-0.25, -0.2) is 8.42 Å². The minimum atomic E-state index is -4.14. The van der Waals surface area contributed by atoms with Gasteiger partial charge in [-0.3, -0.25) is 0 Å². The molecule has 0 saturated carbocycles. The molecule has 1 atom stereocenters. The average Bonchev–Trinajstić information content (AvgIpc) is 2.25. The van der Waals surface area contributed by atoms with E-state index in [0.717, 1.165) is 5.69 Å². The van der Waals surface area contributed by atoms with Gasteiger partial charge in [-0.15, -0.1) is 0 Å². The van der Waals surface area contributed by atoms with E-state index in [1.807, 2.05) is 35.9 Å². The molecule has 1 heterocycles. The van der Waals surface area contributed by atoms with Crippen LogP contribution in [0.25, 0.3) is 6.08 Å². The molecule has 88 valence electrons. The van der Waals surface area contributed by atoms with Crippen molar-refractivity contribution in [3.8, 4) is 0 Å². The van der Waals surface area contributed by atoms with Crippen LogP contribution in [0.1, 0.15) is 25.1 Å². The molecule has 0 aliphatic heterocycles. The third-order valence-electron chi connectivity index (χ3n) is 2.39. The lowest BCUT2D eigenvalue weighted by Gasteiger charge is -2.11. The number of hydrogen-bond donors (Lipinski definition) is 0. The fourth-order valence-corrected chi connectivity index (χ4v) is 2.13. The van der Waals surface area contributed by atoms with E-state index in [4.69, 9.17) is 0 Å². The summed E-state index contributed by atoms with van der Waals surface area (Å²) in [5.41, 5.74) is 0.901. The lowest BCUT2D eigenvalue weighted by Crippen LogP contribution is -2.41. The Kier molecular flexibility index (Phi) is 4.20. The van der Waals surface area contributed by atoms with Gasteiger partial charge < -0.3 is 4.55 Å². The van der Waals surface area contributed by atoms with E-state index >= 15 is 0 Å². The van der Waals surface area contributed by atoms with Crippen LogP contribution in [0.3, 0.4) is 0 Å². The van der Waals surface area contributed by atoms with Crippen LogP contribution < -0.4 is 4.57 Å². The zero-order valence-electron chi connectivity index (χ0n) is 9.17. The molecule has 0 aliphatic carbocycles. The molecule has 16 heavy (non-hydrogen) atoms. The van der Waals surface area contributed by atoms with E-state index in [-0.39, 0.29) is 11.8 Å². The van der Waals surface area contributed by atoms with Crippen molar-refractivity contribution in [2.75, 3.05) is 5.75 Å². The first kappa shape index (κ1) is 12.9. The average molecular weight is 241 g/mol. The van der Waals surface area contributed by atoms with Gasteiger partial charge in [0, 0.05) is 30.4 Å². The summed E-state index contributed by atoms with van der Waals surface area (Å²) in [7, 11) is -4.14. The van der Waals surface area contributed by atoms with Gasteiger partial charge in [0.25, 0.3) is 0 Å². The normalized spacial score (nSPS) is 13.4. The summed E-state index contributed by atoms with van der Waals surface area (Å²) < 4.78 is 33.5. The first-order valence-corrected chi connectivity index (χ1v) is 6.58. The molecule has 0 fully saturated rings. The molecule has 1 rings (SSSR count). The fraction of sp³-hybridized carbons (Fsp3) is 0.364. The predicted octanol–water partition coefficient (Wildman–Crippen LogP) is 1.11. The molecule has 1 aromatic heterocycles. The second kappa shape index (κ2) is 5.23. The molecule has 0 bridgehead atoms. The highest BCUT2D eigenvalue weighted by atomic mass is 32.2. The maximum absolute atomic E-state index is 10.5. The Morgan fingerprint density at radius 3 is 2.81 bits per heavy atom. The van der Waals surface area contributed by atoms with Crippen molar-refractivity contribution in [3.63, 3.8) is 0 Å². The van der Waals surface area contributed by atoms with Crippen molar-refractivity contribution in [2.45, 2.75) is 19.4 Å². The first-order chi connectivity index (χ1) is 7.44. The molecule has 0 N–H and O–H groups in total. The Hall–Kier alpha value is -1.20. The number of pyridine rings is 1. The third kappa shape index (κ3) is 3.75. The number of aromatic nitrogens is 1. The highest BCUT2D eigenvalue weighted by Gasteiger charge is 2.16. The Morgan fingerprint density at radius 1 is 1.56 bits per heavy atom. The van der Waals surface area contributed by atoms with Crippen molar-refractivity contribution in [1.29, 1.82) is 0 Å². The molecule has 0 spiro atoms. The van der Waals surface area contributed by atoms with Gasteiger partial charge in [-0.2, -0.15) is 4.57 Å². The van der Waals surface area contributed by atoms with Gasteiger partial charge in [-0.05, 0) is 13.0 Å². The summed E-state index contributed by atoms with van der Waals surface area (Å²) in [6.07, 6.45) is 3.85. The van der Waals surface area contributed by atoms with E-state index in [1.54, 1.807) is 6.08 Å². The van der Waals surface area contributed by atoms with Gasteiger partial charge in [0.1, 0.15) is 0 Å². The van der Waals surface area contributed by atoms with E-state index < -0.39 is 10.1 Å². The molecule has 4 nitrogen and oxygen atoms in total. The van der Waals surface area contributed by atoms with Crippen LogP contribution in [0.5, 0.6) is 0 Å². The van der Waals surface area contributed by atoms with E-state index in [2.05, 4.69) is 6.58 Å². The molecule has 1 unspecified atom stereocenters.